The highest BCUT2D eigenvalue weighted by Gasteiger charge is 2.18. The van der Waals surface area contributed by atoms with Gasteiger partial charge in [0, 0.05) is 12.1 Å². The summed E-state index contributed by atoms with van der Waals surface area (Å²) in [6, 6.07) is 7.49. The van der Waals surface area contributed by atoms with E-state index >= 15 is 0 Å². The van der Waals surface area contributed by atoms with Crippen LogP contribution >= 0.6 is 22.9 Å². The fraction of sp³-hybridized carbons (Fsp3) is 0.250. The van der Waals surface area contributed by atoms with Crippen LogP contribution in [0.15, 0.2) is 35.3 Å². The number of nitro groups is 1. The number of esters is 1. The van der Waals surface area contributed by atoms with E-state index in [0.717, 1.165) is 27.4 Å². The molecule has 0 atom stereocenters. The van der Waals surface area contributed by atoms with Crippen molar-refractivity contribution in [1.82, 2.24) is 4.57 Å². The summed E-state index contributed by atoms with van der Waals surface area (Å²) in [5, 5.41) is 11.1. The van der Waals surface area contributed by atoms with Crippen LogP contribution in [0.5, 0.6) is 0 Å². The second kappa shape index (κ2) is 8.76. The van der Waals surface area contributed by atoms with E-state index in [1.165, 1.54) is 23.5 Å². The molecular formula is C20H18ClN3O5S. The molecule has 0 spiro atoms. The van der Waals surface area contributed by atoms with Gasteiger partial charge in [-0.3, -0.25) is 19.7 Å². The lowest BCUT2D eigenvalue weighted by molar-refractivity contribution is -0.384. The van der Waals surface area contributed by atoms with Crippen molar-refractivity contribution >= 4 is 50.7 Å². The third kappa shape index (κ3) is 4.42. The summed E-state index contributed by atoms with van der Waals surface area (Å²) in [6.07, 6.45) is 0. The van der Waals surface area contributed by atoms with Crippen LogP contribution in [0.25, 0.3) is 10.2 Å². The zero-order valence-electron chi connectivity index (χ0n) is 16.5. The Morgan fingerprint density at radius 3 is 2.67 bits per heavy atom. The van der Waals surface area contributed by atoms with Crippen molar-refractivity contribution in [3.8, 4) is 0 Å². The van der Waals surface area contributed by atoms with Gasteiger partial charge >= 0.3 is 5.97 Å². The van der Waals surface area contributed by atoms with E-state index < -0.39 is 16.8 Å². The highest BCUT2D eigenvalue weighted by Crippen LogP contribution is 2.25. The molecule has 0 aliphatic heterocycles. The largest absolute Gasteiger partial charge is 0.465 e. The Morgan fingerprint density at radius 1 is 1.27 bits per heavy atom. The minimum absolute atomic E-state index is 0.0550. The maximum absolute atomic E-state index is 12.8. The van der Waals surface area contributed by atoms with E-state index in [-0.39, 0.29) is 34.2 Å². The Balaban J connectivity index is 2.19. The Kier molecular flexibility index (Phi) is 6.33. The van der Waals surface area contributed by atoms with E-state index in [0.29, 0.717) is 0 Å². The molecule has 0 bridgehead atoms. The number of carbonyl (C=O) groups is 2. The van der Waals surface area contributed by atoms with Crippen LogP contribution in [-0.4, -0.2) is 28.0 Å². The Hall–Kier alpha value is -3.04. The SMILES string of the molecule is CCOC(=O)Cn1c(=NC(=O)c2cc([N+](=O)[O-])ccc2Cl)sc2c(C)cc(C)cc21. The summed E-state index contributed by atoms with van der Waals surface area (Å²) in [5.74, 6) is -1.19. The number of halogens is 1. The molecule has 1 amide bonds. The predicted octanol–water partition coefficient (Wildman–Crippen LogP) is 4.19. The van der Waals surface area contributed by atoms with Gasteiger partial charge in [0.1, 0.15) is 6.54 Å². The Bertz CT molecular complexity index is 1250. The average molecular weight is 448 g/mol. The number of hydrogen-bond donors (Lipinski definition) is 0. The molecule has 0 N–H and O–H groups in total. The number of thiazole rings is 1. The van der Waals surface area contributed by atoms with Crippen molar-refractivity contribution in [3.63, 3.8) is 0 Å². The number of nitro benzene ring substituents is 1. The third-order valence-electron chi connectivity index (χ3n) is 4.30. The second-order valence-corrected chi connectivity index (χ2v) is 7.93. The smallest absolute Gasteiger partial charge is 0.326 e. The van der Waals surface area contributed by atoms with Gasteiger partial charge in [0.05, 0.1) is 32.3 Å². The summed E-state index contributed by atoms with van der Waals surface area (Å²) in [6.45, 7) is 5.69. The fourth-order valence-corrected chi connectivity index (χ4v) is 4.30. The standard InChI is InChI=1S/C20H18ClN3O5S/c1-4-29-17(25)10-23-16-8-11(2)7-12(3)18(16)30-20(23)22-19(26)14-9-13(24(27)28)5-6-15(14)21/h5-9H,4,10H2,1-3H3. The van der Waals surface area contributed by atoms with Crippen LogP contribution in [0.3, 0.4) is 0 Å². The van der Waals surface area contributed by atoms with Crippen LogP contribution in [0.4, 0.5) is 5.69 Å². The van der Waals surface area contributed by atoms with E-state index in [9.17, 15) is 19.7 Å². The number of amides is 1. The number of hydrogen-bond acceptors (Lipinski definition) is 6. The zero-order chi connectivity index (χ0) is 22.0. The molecule has 0 fully saturated rings. The molecule has 0 aliphatic rings. The van der Waals surface area contributed by atoms with Crippen LogP contribution in [0.2, 0.25) is 5.02 Å². The average Bonchev–Trinajstić information content (AvgIpc) is 2.99. The topological polar surface area (TPSA) is 104 Å². The lowest BCUT2D eigenvalue weighted by atomic mass is 10.1. The number of carbonyl (C=O) groups excluding carboxylic acids is 2. The van der Waals surface area contributed by atoms with Crippen LogP contribution in [0.1, 0.15) is 28.4 Å². The Labute approximate surface area is 180 Å². The summed E-state index contributed by atoms with van der Waals surface area (Å²) in [4.78, 5) is 39.8. The summed E-state index contributed by atoms with van der Waals surface area (Å²) < 4.78 is 7.54. The molecule has 156 valence electrons. The van der Waals surface area contributed by atoms with E-state index in [1.807, 2.05) is 26.0 Å². The molecular weight excluding hydrogens is 430 g/mol. The molecule has 10 heteroatoms. The maximum atomic E-state index is 12.8. The van der Waals surface area contributed by atoms with Gasteiger partial charge in [0.2, 0.25) is 0 Å². The minimum atomic E-state index is -0.734. The van der Waals surface area contributed by atoms with Gasteiger partial charge in [-0.2, -0.15) is 4.99 Å². The predicted molar refractivity (Wildman–Crippen MR) is 114 cm³/mol. The summed E-state index contributed by atoms with van der Waals surface area (Å²) in [5.41, 5.74) is 2.38. The normalized spacial score (nSPS) is 11.7. The molecule has 0 unspecified atom stereocenters. The van der Waals surface area contributed by atoms with Crippen molar-refractivity contribution in [2.75, 3.05) is 6.61 Å². The van der Waals surface area contributed by atoms with Gasteiger partial charge in [-0.15, -0.1) is 0 Å². The number of fused-ring (bicyclic) bond motifs is 1. The first kappa shape index (κ1) is 21.7. The molecule has 30 heavy (non-hydrogen) atoms. The van der Waals surface area contributed by atoms with Crippen molar-refractivity contribution < 1.29 is 19.2 Å². The molecule has 3 aromatic rings. The minimum Gasteiger partial charge on any atom is -0.465 e. The number of ether oxygens (including phenoxy) is 1. The van der Waals surface area contributed by atoms with Crippen LogP contribution in [-0.2, 0) is 16.1 Å². The first-order valence-electron chi connectivity index (χ1n) is 9.00. The molecule has 0 aliphatic carbocycles. The lowest BCUT2D eigenvalue weighted by Crippen LogP contribution is -2.23. The lowest BCUT2D eigenvalue weighted by Gasteiger charge is -2.06. The number of nitrogens with zero attached hydrogens (tertiary/aromatic N) is 3. The van der Waals surface area contributed by atoms with Crippen molar-refractivity contribution in [2.24, 2.45) is 4.99 Å². The van der Waals surface area contributed by atoms with Gasteiger partial charge in [0.15, 0.2) is 4.80 Å². The second-order valence-electron chi connectivity index (χ2n) is 6.54. The van der Waals surface area contributed by atoms with Gasteiger partial charge in [-0.1, -0.05) is 29.0 Å². The van der Waals surface area contributed by atoms with E-state index in [1.54, 1.807) is 11.5 Å². The maximum Gasteiger partial charge on any atom is 0.326 e. The first-order chi connectivity index (χ1) is 14.2. The number of benzene rings is 2. The number of aryl methyl sites for hydroxylation is 2. The Morgan fingerprint density at radius 2 is 2.00 bits per heavy atom. The molecule has 1 aromatic heterocycles. The highest BCUT2D eigenvalue weighted by atomic mass is 35.5. The first-order valence-corrected chi connectivity index (χ1v) is 10.2. The van der Waals surface area contributed by atoms with Crippen LogP contribution < -0.4 is 4.80 Å². The highest BCUT2D eigenvalue weighted by molar-refractivity contribution is 7.16. The molecule has 0 saturated carbocycles. The summed E-state index contributed by atoms with van der Waals surface area (Å²) in [7, 11) is 0. The summed E-state index contributed by atoms with van der Waals surface area (Å²) >= 11 is 7.32. The van der Waals surface area contributed by atoms with Gasteiger partial charge in [0.25, 0.3) is 11.6 Å². The zero-order valence-corrected chi connectivity index (χ0v) is 18.0. The monoisotopic (exact) mass is 447 g/mol. The van der Waals surface area contributed by atoms with E-state index in [4.69, 9.17) is 16.3 Å². The van der Waals surface area contributed by atoms with Crippen LogP contribution in [0, 0.1) is 24.0 Å². The molecule has 1 heterocycles. The molecule has 8 nitrogen and oxygen atoms in total. The fourth-order valence-electron chi connectivity index (χ4n) is 3.02. The molecule has 0 saturated heterocycles. The number of rotatable bonds is 5. The van der Waals surface area contributed by atoms with Crippen molar-refractivity contribution in [2.45, 2.75) is 27.3 Å². The molecule has 0 radical (unpaired) electrons. The molecule has 2 aromatic carbocycles. The van der Waals surface area contributed by atoms with Gasteiger partial charge in [-0.25, -0.2) is 0 Å². The van der Waals surface area contributed by atoms with Crippen molar-refractivity contribution in [1.29, 1.82) is 0 Å². The third-order valence-corrected chi connectivity index (χ3v) is 5.85. The van der Waals surface area contributed by atoms with Gasteiger partial charge < -0.3 is 9.30 Å². The molecule has 3 rings (SSSR count). The number of aromatic nitrogens is 1. The number of non-ortho nitro benzene ring substituents is 1. The van der Waals surface area contributed by atoms with E-state index in [2.05, 4.69) is 4.99 Å². The quantitative estimate of drug-likeness (QED) is 0.331. The van der Waals surface area contributed by atoms with Crippen molar-refractivity contribution in [3.05, 3.63) is 67.0 Å². The van der Waals surface area contributed by atoms with Gasteiger partial charge in [-0.05, 0) is 44.0 Å².